The maximum Gasteiger partial charge on any atom is 0.0706 e. The van der Waals surface area contributed by atoms with Gasteiger partial charge in [0.05, 0.1) is 5.71 Å². The third-order valence-electron chi connectivity index (χ3n) is 3.05. The topological polar surface area (TPSA) is 39.6 Å². The first-order valence-corrected chi connectivity index (χ1v) is 6.52. The minimum absolute atomic E-state index is 0.449. The fraction of sp³-hybridized carbons (Fsp3) is 0. The van der Waals surface area contributed by atoms with Crippen LogP contribution in [0.2, 0.25) is 10.0 Å². The van der Waals surface area contributed by atoms with Crippen LogP contribution < -0.4 is 0 Å². The van der Waals surface area contributed by atoms with Crippen LogP contribution in [0.25, 0.3) is 10.9 Å². The van der Waals surface area contributed by atoms with Crippen molar-refractivity contribution >= 4 is 39.8 Å². The zero-order chi connectivity index (χ0) is 13.4. The minimum atomic E-state index is 0.449. The second-order valence-electron chi connectivity index (χ2n) is 4.27. The fourth-order valence-corrected chi connectivity index (χ4v) is 2.37. The number of benzene rings is 2. The van der Waals surface area contributed by atoms with E-state index in [-0.39, 0.29) is 0 Å². The lowest BCUT2D eigenvalue weighted by Gasteiger charge is -2.03. The largest absolute Gasteiger partial charge is 0.360 e. The summed E-state index contributed by atoms with van der Waals surface area (Å²) in [4.78, 5) is 3.15. The van der Waals surface area contributed by atoms with Gasteiger partial charge in [0.15, 0.2) is 0 Å². The molecule has 3 rings (SSSR count). The summed E-state index contributed by atoms with van der Waals surface area (Å²) in [5.41, 5.74) is 3.08. The molecule has 2 nitrogen and oxygen atoms in total. The van der Waals surface area contributed by atoms with Crippen LogP contribution in [0, 0.1) is 5.41 Å². The first kappa shape index (κ1) is 12.3. The van der Waals surface area contributed by atoms with Gasteiger partial charge >= 0.3 is 0 Å². The highest BCUT2D eigenvalue weighted by Gasteiger charge is 2.11. The molecule has 2 aromatic carbocycles. The van der Waals surface area contributed by atoms with Crippen LogP contribution in [-0.2, 0) is 0 Å². The van der Waals surface area contributed by atoms with E-state index in [2.05, 4.69) is 4.98 Å². The molecule has 0 fully saturated rings. The molecule has 0 radical (unpaired) electrons. The van der Waals surface area contributed by atoms with Crippen molar-refractivity contribution in [1.82, 2.24) is 4.98 Å². The Morgan fingerprint density at radius 3 is 2.37 bits per heavy atom. The highest BCUT2D eigenvalue weighted by molar-refractivity contribution is 6.32. The molecule has 0 bridgehead atoms. The molecule has 0 aliphatic carbocycles. The first-order chi connectivity index (χ1) is 9.15. The first-order valence-electron chi connectivity index (χ1n) is 5.76. The summed E-state index contributed by atoms with van der Waals surface area (Å²) in [5, 5.41) is 10.6. The van der Waals surface area contributed by atoms with E-state index in [1.54, 1.807) is 12.1 Å². The Bertz CT molecular complexity index is 757. The lowest BCUT2D eigenvalue weighted by molar-refractivity contribution is 1.44. The van der Waals surface area contributed by atoms with E-state index in [1.807, 2.05) is 36.5 Å². The van der Waals surface area contributed by atoms with Crippen molar-refractivity contribution in [1.29, 1.82) is 5.41 Å². The number of nitrogens with one attached hydrogen (secondary N) is 2. The van der Waals surface area contributed by atoms with Gasteiger partial charge in [-0.25, -0.2) is 0 Å². The van der Waals surface area contributed by atoms with Gasteiger partial charge in [-0.1, -0.05) is 35.3 Å². The zero-order valence-electron chi connectivity index (χ0n) is 9.87. The van der Waals surface area contributed by atoms with E-state index < -0.39 is 0 Å². The second kappa shape index (κ2) is 4.72. The standard InChI is InChI=1S/C15H10Cl2N2/c16-10-3-1-9(2-4-10)15(18)13-8-19-14-6-5-11(17)7-12(13)14/h1-8,18-19H. The van der Waals surface area contributed by atoms with Gasteiger partial charge in [-0.05, 0) is 30.3 Å². The summed E-state index contributed by atoms with van der Waals surface area (Å²) in [7, 11) is 0. The molecule has 0 spiro atoms. The number of aromatic nitrogens is 1. The Hall–Kier alpha value is -1.77. The molecule has 0 saturated heterocycles. The van der Waals surface area contributed by atoms with Crippen molar-refractivity contribution in [2.24, 2.45) is 0 Å². The summed E-state index contributed by atoms with van der Waals surface area (Å²) in [6, 6.07) is 12.9. The Morgan fingerprint density at radius 2 is 1.63 bits per heavy atom. The molecule has 2 N–H and O–H groups in total. The lowest BCUT2D eigenvalue weighted by Crippen LogP contribution is -1.99. The average molecular weight is 289 g/mol. The Balaban J connectivity index is 2.11. The highest BCUT2D eigenvalue weighted by Crippen LogP contribution is 2.24. The molecule has 3 aromatic rings. The van der Waals surface area contributed by atoms with E-state index >= 15 is 0 Å². The van der Waals surface area contributed by atoms with Gasteiger partial charge in [0.1, 0.15) is 0 Å². The summed E-state index contributed by atoms with van der Waals surface area (Å²) in [6.07, 6.45) is 1.83. The molecular weight excluding hydrogens is 279 g/mol. The number of hydrogen-bond donors (Lipinski definition) is 2. The summed E-state index contributed by atoms with van der Waals surface area (Å²) in [5.74, 6) is 0. The molecule has 1 aromatic heterocycles. The monoisotopic (exact) mass is 288 g/mol. The predicted octanol–water partition coefficient (Wildman–Crippen LogP) is 4.89. The van der Waals surface area contributed by atoms with Crippen molar-refractivity contribution in [3.05, 3.63) is 69.8 Å². The fourth-order valence-electron chi connectivity index (χ4n) is 2.07. The molecule has 94 valence electrons. The minimum Gasteiger partial charge on any atom is -0.360 e. The van der Waals surface area contributed by atoms with Crippen LogP contribution in [0.15, 0.2) is 48.7 Å². The highest BCUT2D eigenvalue weighted by atomic mass is 35.5. The Kier molecular flexibility index (Phi) is 3.05. The van der Waals surface area contributed by atoms with Crippen LogP contribution in [0.5, 0.6) is 0 Å². The van der Waals surface area contributed by atoms with Crippen LogP contribution >= 0.6 is 23.2 Å². The van der Waals surface area contributed by atoms with E-state index in [0.717, 1.165) is 22.0 Å². The van der Waals surface area contributed by atoms with Gasteiger partial charge in [-0.15, -0.1) is 0 Å². The van der Waals surface area contributed by atoms with Crippen molar-refractivity contribution < 1.29 is 0 Å². The number of aromatic amines is 1. The van der Waals surface area contributed by atoms with Crippen LogP contribution in [0.1, 0.15) is 11.1 Å². The Morgan fingerprint density at radius 1 is 0.947 bits per heavy atom. The maximum atomic E-state index is 8.30. The van der Waals surface area contributed by atoms with Gasteiger partial charge < -0.3 is 4.98 Å². The Labute approximate surface area is 120 Å². The number of halogens is 2. The van der Waals surface area contributed by atoms with Gasteiger partial charge in [0.2, 0.25) is 0 Å². The molecule has 0 saturated carbocycles. The molecule has 0 aliphatic heterocycles. The van der Waals surface area contributed by atoms with Gasteiger partial charge in [-0.2, -0.15) is 0 Å². The smallest absolute Gasteiger partial charge is 0.0706 e. The van der Waals surface area contributed by atoms with Crippen molar-refractivity contribution in [2.75, 3.05) is 0 Å². The number of hydrogen-bond acceptors (Lipinski definition) is 1. The van der Waals surface area contributed by atoms with Crippen molar-refractivity contribution in [3.8, 4) is 0 Å². The molecule has 1 heterocycles. The zero-order valence-corrected chi connectivity index (χ0v) is 11.4. The predicted molar refractivity (Wildman–Crippen MR) is 80.7 cm³/mol. The normalized spacial score (nSPS) is 10.8. The van der Waals surface area contributed by atoms with Gasteiger partial charge in [0, 0.05) is 38.3 Å². The second-order valence-corrected chi connectivity index (χ2v) is 5.15. The molecule has 0 atom stereocenters. The molecule has 4 heteroatoms. The SMILES string of the molecule is N=C(c1ccc(Cl)cc1)c1c[nH]c2ccc(Cl)cc12. The summed E-state index contributed by atoms with van der Waals surface area (Å²) >= 11 is 11.9. The molecule has 19 heavy (non-hydrogen) atoms. The molecule has 0 amide bonds. The average Bonchev–Trinajstić information content (AvgIpc) is 2.81. The third kappa shape index (κ3) is 2.25. The van der Waals surface area contributed by atoms with Gasteiger partial charge in [-0.3, -0.25) is 5.41 Å². The van der Waals surface area contributed by atoms with E-state index in [9.17, 15) is 0 Å². The third-order valence-corrected chi connectivity index (χ3v) is 3.53. The van der Waals surface area contributed by atoms with E-state index in [4.69, 9.17) is 28.6 Å². The molecule has 0 aliphatic rings. The van der Waals surface area contributed by atoms with Gasteiger partial charge in [0.25, 0.3) is 0 Å². The molecule has 0 unspecified atom stereocenters. The lowest BCUT2D eigenvalue weighted by atomic mass is 10.0. The van der Waals surface area contributed by atoms with E-state index in [1.165, 1.54) is 0 Å². The molecular formula is C15H10Cl2N2. The summed E-state index contributed by atoms with van der Waals surface area (Å²) < 4.78 is 0. The number of fused-ring (bicyclic) bond motifs is 1. The number of H-pyrrole nitrogens is 1. The van der Waals surface area contributed by atoms with Crippen LogP contribution in [0.3, 0.4) is 0 Å². The maximum absolute atomic E-state index is 8.30. The number of rotatable bonds is 2. The van der Waals surface area contributed by atoms with Crippen molar-refractivity contribution in [3.63, 3.8) is 0 Å². The van der Waals surface area contributed by atoms with E-state index in [0.29, 0.717) is 15.8 Å². The van der Waals surface area contributed by atoms with Crippen LogP contribution in [0.4, 0.5) is 0 Å². The summed E-state index contributed by atoms with van der Waals surface area (Å²) in [6.45, 7) is 0. The van der Waals surface area contributed by atoms with Crippen LogP contribution in [-0.4, -0.2) is 10.7 Å². The quantitative estimate of drug-likeness (QED) is 0.630. The van der Waals surface area contributed by atoms with Crippen molar-refractivity contribution in [2.45, 2.75) is 0 Å².